The number of hydrogen-bond donors (Lipinski definition) is 1. The van der Waals surface area contributed by atoms with Gasteiger partial charge < -0.3 is 19.7 Å². The number of carbonyl (C=O) groups excluding carboxylic acids is 1. The van der Waals surface area contributed by atoms with Crippen LogP contribution in [0.25, 0.3) is 0 Å². The minimum Gasteiger partial charge on any atom is -0.497 e. The molecule has 0 bridgehead atoms. The van der Waals surface area contributed by atoms with Crippen molar-refractivity contribution in [3.05, 3.63) is 29.8 Å². The van der Waals surface area contributed by atoms with Gasteiger partial charge in [-0.1, -0.05) is 12.1 Å². The Labute approximate surface area is 163 Å². The second-order valence-electron chi connectivity index (χ2n) is 8.21. The molecular formula is C22H34N2O3. The highest BCUT2D eigenvalue weighted by molar-refractivity contribution is 5.88. The molecule has 150 valence electrons. The number of amides is 1. The molecule has 2 fully saturated rings. The summed E-state index contributed by atoms with van der Waals surface area (Å²) in [5.41, 5.74) is 0.585. The van der Waals surface area contributed by atoms with Gasteiger partial charge in [0.05, 0.1) is 12.5 Å². The van der Waals surface area contributed by atoms with Crippen LogP contribution < -0.4 is 10.1 Å². The van der Waals surface area contributed by atoms with Gasteiger partial charge in [-0.2, -0.15) is 0 Å². The van der Waals surface area contributed by atoms with Gasteiger partial charge in [-0.25, -0.2) is 0 Å². The Morgan fingerprint density at radius 3 is 2.41 bits per heavy atom. The van der Waals surface area contributed by atoms with Crippen LogP contribution in [0.2, 0.25) is 0 Å². The molecule has 2 saturated heterocycles. The van der Waals surface area contributed by atoms with E-state index in [-0.39, 0.29) is 5.91 Å². The van der Waals surface area contributed by atoms with E-state index in [0.29, 0.717) is 25.2 Å². The number of methoxy groups -OCH3 is 1. The van der Waals surface area contributed by atoms with Gasteiger partial charge in [-0.15, -0.1) is 0 Å². The molecule has 0 radical (unpaired) electrons. The maximum atomic E-state index is 13.3. The van der Waals surface area contributed by atoms with Crippen molar-refractivity contribution in [1.29, 1.82) is 0 Å². The molecule has 5 heteroatoms. The number of piperidine rings is 1. The fourth-order valence-electron chi connectivity index (χ4n) is 4.36. The molecular weight excluding hydrogens is 340 g/mol. The third-order valence-corrected chi connectivity index (χ3v) is 6.35. The van der Waals surface area contributed by atoms with Gasteiger partial charge in [-0.3, -0.25) is 4.79 Å². The van der Waals surface area contributed by atoms with Crippen molar-refractivity contribution < 1.29 is 14.3 Å². The van der Waals surface area contributed by atoms with E-state index >= 15 is 0 Å². The Morgan fingerprint density at radius 1 is 1.22 bits per heavy atom. The van der Waals surface area contributed by atoms with Gasteiger partial charge >= 0.3 is 0 Å². The number of nitrogens with zero attached hydrogens (tertiary/aromatic N) is 1. The summed E-state index contributed by atoms with van der Waals surface area (Å²) in [7, 11) is 1.66. The smallest absolute Gasteiger partial charge is 0.230 e. The fourth-order valence-corrected chi connectivity index (χ4v) is 4.36. The van der Waals surface area contributed by atoms with Crippen LogP contribution in [0.15, 0.2) is 24.3 Å². The number of benzene rings is 1. The number of hydrogen-bond acceptors (Lipinski definition) is 4. The fraction of sp³-hybridized carbons (Fsp3) is 0.682. The van der Waals surface area contributed by atoms with Crippen LogP contribution in [0.3, 0.4) is 0 Å². The van der Waals surface area contributed by atoms with Crippen LogP contribution >= 0.6 is 0 Å². The van der Waals surface area contributed by atoms with E-state index < -0.39 is 5.41 Å². The van der Waals surface area contributed by atoms with Crippen molar-refractivity contribution in [1.82, 2.24) is 10.2 Å². The highest BCUT2D eigenvalue weighted by atomic mass is 16.5. The van der Waals surface area contributed by atoms with Gasteiger partial charge in [0.15, 0.2) is 0 Å². The summed E-state index contributed by atoms with van der Waals surface area (Å²) in [4.78, 5) is 15.8. The highest BCUT2D eigenvalue weighted by Gasteiger charge is 2.41. The van der Waals surface area contributed by atoms with Crippen molar-refractivity contribution in [2.45, 2.75) is 51.0 Å². The predicted octanol–water partition coefficient (Wildman–Crippen LogP) is 2.98. The van der Waals surface area contributed by atoms with E-state index in [4.69, 9.17) is 9.47 Å². The Balaban J connectivity index is 1.64. The van der Waals surface area contributed by atoms with Gasteiger partial charge in [0.25, 0.3) is 0 Å². The van der Waals surface area contributed by atoms with Crippen molar-refractivity contribution in [3.63, 3.8) is 0 Å². The van der Waals surface area contributed by atoms with E-state index in [2.05, 4.69) is 24.1 Å². The third kappa shape index (κ3) is 4.64. The molecule has 1 aromatic carbocycles. The first-order valence-electron chi connectivity index (χ1n) is 10.3. The molecule has 1 aromatic rings. The second-order valence-corrected chi connectivity index (χ2v) is 8.21. The summed E-state index contributed by atoms with van der Waals surface area (Å²) in [5.74, 6) is 1.55. The summed E-state index contributed by atoms with van der Waals surface area (Å²) in [6.45, 7) is 8.82. The van der Waals surface area contributed by atoms with E-state index in [0.717, 1.165) is 56.6 Å². The summed E-state index contributed by atoms with van der Waals surface area (Å²) in [6.07, 6.45) is 3.79. The topological polar surface area (TPSA) is 50.8 Å². The average molecular weight is 375 g/mol. The zero-order valence-electron chi connectivity index (χ0n) is 17.0. The number of rotatable bonds is 6. The second kappa shape index (κ2) is 9.07. The van der Waals surface area contributed by atoms with Gasteiger partial charge in [0, 0.05) is 25.8 Å². The lowest BCUT2D eigenvalue weighted by molar-refractivity contribution is -0.130. The lowest BCUT2D eigenvalue weighted by Crippen LogP contribution is -2.50. The third-order valence-electron chi connectivity index (χ3n) is 6.35. The van der Waals surface area contributed by atoms with Crippen LogP contribution in [0.4, 0.5) is 0 Å². The maximum absolute atomic E-state index is 13.3. The summed E-state index contributed by atoms with van der Waals surface area (Å²) in [5, 5.41) is 3.29. The summed E-state index contributed by atoms with van der Waals surface area (Å²) < 4.78 is 10.8. The molecule has 0 aromatic heterocycles. The van der Waals surface area contributed by atoms with E-state index in [1.165, 1.54) is 0 Å². The minimum atomic E-state index is -0.483. The van der Waals surface area contributed by atoms with Crippen molar-refractivity contribution >= 4 is 5.91 Å². The van der Waals surface area contributed by atoms with E-state index in [9.17, 15) is 4.79 Å². The van der Waals surface area contributed by atoms with Crippen molar-refractivity contribution in [3.8, 4) is 5.75 Å². The normalized spacial score (nSPS) is 21.2. The minimum absolute atomic E-state index is 0.155. The monoisotopic (exact) mass is 374 g/mol. The van der Waals surface area contributed by atoms with E-state index in [1.807, 2.05) is 24.3 Å². The van der Waals surface area contributed by atoms with Crippen LogP contribution in [0.5, 0.6) is 5.75 Å². The van der Waals surface area contributed by atoms with Crippen molar-refractivity contribution in [2.24, 2.45) is 5.92 Å². The first-order valence-corrected chi connectivity index (χ1v) is 10.3. The molecule has 3 rings (SSSR count). The van der Waals surface area contributed by atoms with Gasteiger partial charge in [0.2, 0.25) is 5.91 Å². The molecule has 0 unspecified atom stereocenters. The molecule has 2 aliphatic heterocycles. The maximum Gasteiger partial charge on any atom is 0.230 e. The van der Waals surface area contributed by atoms with Crippen LogP contribution in [0.1, 0.15) is 45.1 Å². The standard InChI is InChI=1S/C22H34N2O3/c1-17(2)24-12-8-18(9-13-24)16-23-21(25)22(10-14-27-15-11-22)19-4-6-20(26-3)7-5-19/h4-7,17-18H,8-16H2,1-3H3,(H,23,25). The SMILES string of the molecule is COc1ccc(C2(C(=O)NCC3CCN(C(C)C)CC3)CCOCC2)cc1. The zero-order chi connectivity index (χ0) is 19.3. The Morgan fingerprint density at radius 2 is 1.85 bits per heavy atom. The molecule has 0 aliphatic carbocycles. The Bertz CT molecular complexity index is 600. The van der Waals surface area contributed by atoms with Crippen molar-refractivity contribution in [2.75, 3.05) is 40.0 Å². The Kier molecular flexibility index (Phi) is 6.77. The molecule has 5 nitrogen and oxygen atoms in total. The lowest BCUT2D eigenvalue weighted by Gasteiger charge is -2.38. The first-order chi connectivity index (χ1) is 13.0. The molecule has 2 aliphatic rings. The molecule has 1 N–H and O–H groups in total. The molecule has 0 saturated carbocycles. The number of carbonyl (C=O) groups is 1. The summed E-state index contributed by atoms with van der Waals surface area (Å²) in [6, 6.07) is 8.57. The van der Waals surface area contributed by atoms with Gasteiger partial charge in [-0.05, 0) is 76.2 Å². The quantitative estimate of drug-likeness (QED) is 0.832. The molecule has 1 amide bonds. The largest absolute Gasteiger partial charge is 0.497 e. The molecule has 0 spiro atoms. The highest BCUT2D eigenvalue weighted by Crippen LogP contribution is 2.36. The lowest BCUT2D eigenvalue weighted by atomic mass is 9.73. The number of nitrogens with one attached hydrogen (secondary N) is 1. The average Bonchev–Trinajstić information content (AvgIpc) is 2.72. The van der Waals surface area contributed by atoms with E-state index in [1.54, 1.807) is 7.11 Å². The molecule has 2 heterocycles. The number of likely N-dealkylation sites (tertiary alicyclic amines) is 1. The zero-order valence-corrected chi connectivity index (χ0v) is 17.0. The predicted molar refractivity (Wildman–Crippen MR) is 107 cm³/mol. The van der Waals surface area contributed by atoms with Crippen LogP contribution in [-0.2, 0) is 14.9 Å². The molecule has 0 atom stereocenters. The Hall–Kier alpha value is -1.59. The molecule has 27 heavy (non-hydrogen) atoms. The van der Waals surface area contributed by atoms with Gasteiger partial charge in [0.1, 0.15) is 5.75 Å². The van der Waals surface area contributed by atoms with Crippen LogP contribution in [0, 0.1) is 5.92 Å². The number of ether oxygens (including phenoxy) is 2. The van der Waals surface area contributed by atoms with Crippen LogP contribution in [-0.4, -0.2) is 56.8 Å². The summed E-state index contributed by atoms with van der Waals surface area (Å²) >= 11 is 0. The first kappa shape index (κ1) is 20.2.